The van der Waals surface area contributed by atoms with Gasteiger partial charge < -0.3 is 14.8 Å². The number of aromatic amines is 2. The number of rotatable bonds is 4. The monoisotopic (exact) mass is 617 g/mol. The summed E-state index contributed by atoms with van der Waals surface area (Å²) in [5.74, 6) is -0.272. The van der Waals surface area contributed by atoms with Gasteiger partial charge in [-0.25, -0.2) is 0 Å². The van der Waals surface area contributed by atoms with Crippen LogP contribution in [0.15, 0.2) is 51.9 Å². The highest BCUT2D eigenvalue weighted by Gasteiger charge is 2.36. The maximum atomic E-state index is 13.9. The molecule has 2 amide bonds. The van der Waals surface area contributed by atoms with Gasteiger partial charge in [-0.1, -0.05) is 39.0 Å². The Morgan fingerprint density at radius 2 is 1.88 bits per heavy atom. The molecule has 214 valence electrons. The molecule has 1 fully saturated rings. The van der Waals surface area contributed by atoms with Crippen molar-refractivity contribution >= 4 is 49.6 Å². The second-order valence-electron chi connectivity index (χ2n) is 12.8. The Morgan fingerprint density at radius 3 is 2.63 bits per heavy atom. The number of para-hydroxylation sites is 1. The Labute approximate surface area is 247 Å². The van der Waals surface area contributed by atoms with Crippen LogP contribution in [0.2, 0.25) is 0 Å². The van der Waals surface area contributed by atoms with Crippen LogP contribution in [0.4, 0.5) is 0 Å². The van der Waals surface area contributed by atoms with E-state index in [4.69, 9.17) is 0 Å². The van der Waals surface area contributed by atoms with Crippen molar-refractivity contribution in [2.45, 2.75) is 58.9 Å². The number of aromatic nitrogens is 3. The van der Waals surface area contributed by atoms with Crippen molar-refractivity contribution < 1.29 is 9.59 Å². The summed E-state index contributed by atoms with van der Waals surface area (Å²) in [5.41, 5.74) is 4.61. The third-order valence-electron chi connectivity index (χ3n) is 8.52. The number of carbonyl (C=O) groups excluding carboxylic acids is 2. The molecule has 2 N–H and O–H groups in total. The number of fused-ring (bicyclic) bond motifs is 4. The number of carbonyl (C=O) groups is 2. The number of likely N-dealkylation sites (tertiary alicyclic amines) is 1. The maximum absolute atomic E-state index is 13.9. The SMILES string of the molecule is CC(C)(C)CN1Cc2c(cc(Br)c3[nH]ncc23)C[C@@H](CC(=O)N2CCC(c3cc4ccccc4[nH]c3=O)CC2)C1=O. The van der Waals surface area contributed by atoms with Crippen LogP contribution in [0.1, 0.15) is 62.6 Å². The van der Waals surface area contributed by atoms with Crippen molar-refractivity contribution in [2.75, 3.05) is 19.6 Å². The Morgan fingerprint density at radius 1 is 1.12 bits per heavy atom. The summed E-state index contributed by atoms with van der Waals surface area (Å²) in [7, 11) is 0. The number of benzene rings is 2. The van der Waals surface area contributed by atoms with Crippen molar-refractivity contribution in [3.05, 3.63) is 74.1 Å². The number of halogens is 1. The van der Waals surface area contributed by atoms with E-state index >= 15 is 0 Å². The predicted octanol–water partition coefficient (Wildman–Crippen LogP) is 5.51. The van der Waals surface area contributed by atoms with Crippen molar-refractivity contribution in [1.29, 1.82) is 0 Å². The molecule has 41 heavy (non-hydrogen) atoms. The third kappa shape index (κ3) is 5.56. The van der Waals surface area contributed by atoms with Crippen molar-refractivity contribution in [1.82, 2.24) is 25.0 Å². The molecule has 1 saturated heterocycles. The van der Waals surface area contributed by atoms with E-state index in [2.05, 4.69) is 57.9 Å². The minimum atomic E-state index is -0.427. The van der Waals surface area contributed by atoms with Crippen LogP contribution in [0.25, 0.3) is 21.8 Å². The van der Waals surface area contributed by atoms with E-state index < -0.39 is 5.92 Å². The van der Waals surface area contributed by atoms with E-state index in [9.17, 15) is 14.4 Å². The Hall–Kier alpha value is -3.46. The number of hydrogen-bond donors (Lipinski definition) is 2. The summed E-state index contributed by atoms with van der Waals surface area (Å²) in [6.45, 7) is 8.67. The molecule has 1 atom stereocenters. The number of amides is 2. The number of piperidine rings is 1. The van der Waals surface area contributed by atoms with Crippen molar-refractivity contribution in [2.24, 2.45) is 11.3 Å². The third-order valence-corrected chi connectivity index (χ3v) is 9.15. The van der Waals surface area contributed by atoms with Crippen molar-refractivity contribution in [3.63, 3.8) is 0 Å². The summed E-state index contributed by atoms with van der Waals surface area (Å²) in [6, 6.07) is 11.9. The van der Waals surface area contributed by atoms with Gasteiger partial charge in [0.15, 0.2) is 0 Å². The number of nitrogens with one attached hydrogen (secondary N) is 2. The van der Waals surface area contributed by atoms with E-state index in [1.54, 1.807) is 0 Å². The van der Waals surface area contributed by atoms with Crippen LogP contribution in [0.3, 0.4) is 0 Å². The molecule has 0 aliphatic carbocycles. The largest absolute Gasteiger partial charge is 0.343 e. The molecule has 0 unspecified atom stereocenters. The molecular formula is C32H36BrN5O3. The topological polar surface area (TPSA) is 102 Å². The molecule has 0 spiro atoms. The molecule has 2 aromatic carbocycles. The van der Waals surface area contributed by atoms with Gasteiger partial charge in [0.1, 0.15) is 0 Å². The summed E-state index contributed by atoms with van der Waals surface area (Å²) >= 11 is 3.67. The van der Waals surface area contributed by atoms with Gasteiger partial charge >= 0.3 is 0 Å². The van der Waals surface area contributed by atoms with Crippen LogP contribution in [-0.2, 0) is 22.6 Å². The molecule has 2 aliphatic heterocycles. The molecule has 9 heteroatoms. The first-order valence-corrected chi connectivity index (χ1v) is 15.2. The molecule has 4 heterocycles. The van der Waals surface area contributed by atoms with Crippen LogP contribution in [0, 0.1) is 11.3 Å². The van der Waals surface area contributed by atoms with Crippen LogP contribution in [0.5, 0.6) is 0 Å². The Kier molecular flexibility index (Phi) is 7.26. The van der Waals surface area contributed by atoms with Gasteiger partial charge in [0.05, 0.1) is 17.6 Å². The fraction of sp³-hybridized carbons (Fsp3) is 0.438. The first kappa shape index (κ1) is 27.7. The average Bonchev–Trinajstić information content (AvgIpc) is 3.39. The lowest BCUT2D eigenvalue weighted by atomic mass is 9.88. The highest BCUT2D eigenvalue weighted by atomic mass is 79.9. The van der Waals surface area contributed by atoms with Gasteiger partial charge in [0.2, 0.25) is 11.8 Å². The summed E-state index contributed by atoms with van der Waals surface area (Å²) in [4.78, 5) is 47.2. The quantitative estimate of drug-likeness (QED) is 0.315. The van der Waals surface area contributed by atoms with E-state index in [1.807, 2.05) is 46.3 Å². The number of hydrogen-bond acceptors (Lipinski definition) is 4. The average molecular weight is 619 g/mol. The number of H-pyrrole nitrogens is 2. The van der Waals surface area contributed by atoms with Gasteiger partial charge in [0, 0.05) is 53.5 Å². The van der Waals surface area contributed by atoms with Gasteiger partial charge in [-0.3, -0.25) is 19.5 Å². The zero-order chi connectivity index (χ0) is 28.9. The van der Waals surface area contributed by atoms with E-state index in [0.717, 1.165) is 55.8 Å². The molecular weight excluding hydrogens is 582 g/mol. The zero-order valence-corrected chi connectivity index (χ0v) is 25.4. The van der Waals surface area contributed by atoms with Crippen LogP contribution < -0.4 is 5.56 Å². The van der Waals surface area contributed by atoms with E-state index in [0.29, 0.717) is 32.6 Å². The molecule has 6 rings (SSSR count). The number of pyridine rings is 1. The van der Waals surface area contributed by atoms with Gasteiger partial charge in [-0.2, -0.15) is 5.10 Å². The Bertz CT molecular complexity index is 1690. The second kappa shape index (κ2) is 10.7. The summed E-state index contributed by atoms with van der Waals surface area (Å²) < 4.78 is 0.913. The lowest BCUT2D eigenvalue weighted by Gasteiger charge is -2.34. The second-order valence-corrected chi connectivity index (χ2v) is 13.7. The molecule has 8 nitrogen and oxygen atoms in total. The molecule has 0 saturated carbocycles. The highest BCUT2D eigenvalue weighted by molar-refractivity contribution is 9.10. The fourth-order valence-corrected chi connectivity index (χ4v) is 7.12. The minimum absolute atomic E-state index is 0.0110. The molecule has 0 bridgehead atoms. The lowest BCUT2D eigenvalue weighted by Crippen LogP contribution is -2.43. The summed E-state index contributed by atoms with van der Waals surface area (Å²) in [5, 5.41) is 9.35. The van der Waals surface area contributed by atoms with Crippen molar-refractivity contribution in [3.8, 4) is 0 Å². The van der Waals surface area contributed by atoms with Crippen LogP contribution >= 0.6 is 15.9 Å². The Balaban J connectivity index is 1.20. The molecule has 2 aliphatic rings. The molecule has 0 radical (unpaired) electrons. The standard InChI is InChI=1S/C32H36BrN5O3/c1-32(2,3)18-38-17-25-21(14-26(33)29-24(25)16-34-36-29)12-22(31(38)41)15-28(39)37-10-8-19(9-11-37)23-13-20-6-4-5-7-27(20)35-30(23)40/h4-7,13-14,16,19,22H,8-12,15,17-18H2,1-3H3,(H,34,36)(H,35,40)/t22-/m0/s1. The number of nitrogens with zero attached hydrogens (tertiary/aromatic N) is 3. The predicted molar refractivity (Wildman–Crippen MR) is 164 cm³/mol. The van der Waals surface area contributed by atoms with Gasteiger partial charge in [-0.05, 0) is 81.2 Å². The maximum Gasteiger partial charge on any atom is 0.251 e. The normalized spacial score (nSPS) is 18.6. The highest BCUT2D eigenvalue weighted by Crippen LogP contribution is 2.36. The van der Waals surface area contributed by atoms with E-state index in [1.165, 1.54) is 0 Å². The fourth-order valence-electron chi connectivity index (χ4n) is 6.54. The van der Waals surface area contributed by atoms with Gasteiger partial charge in [0.25, 0.3) is 5.56 Å². The van der Waals surface area contributed by atoms with E-state index in [-0.39, 0.29) is 35.1 Å². The molecule has 4 aromatic rings. The smallest absolute Gasteiger partial charge is 0.251 e. The summed E-state index contributed by atoms with van der Waals surface area (Å²) in [6.07, 6.45) is 3.99. The van der Waals surface area contributed by atoms with Crippen LogP contribution in [-0.4, -0.2) is 56.4 Å². The lowest BCUT2D eigenvalue weighted by molar-refractivity contribution is -0.142. The molecule has 2 aromatic heterocycles. The first-order valence-electron chi connectivity index (χ1n) is 14.4. The zero-order valence-electron chi connectivity index (χ0n) is 23.8. The van der Waals surface area contributed by atoms with Gasteiger partial charge in [-0.15, -0.1) is 0 Å². The first-order chi connectivity index (χ1) is 19.6. The minimum Gasteiger partial charge on any atom is -0.343 e.